The maximum absolute atomic E-state index is 9.58. The second kappa shape index (κ2) is 6.08. The van der Waals surface area contributed by atoms with Crippen LogP contribution in [0, 0.1) is 0 Å². The lowest BCUT2D eigenvalue weighted by molar-refractivity contribution is -0.110. The Hall–Kier alpha value is -0.610. The Morgan fingerprint density at radius 1 is 1.40 bits per heavy atom. The van der Waals surface area contributed by atoms with Crippen molar-refractivity contribution >= 4 is 11.6 Å². The van der Waals surface area contributed by atoms with Crippen LogP contribution in [-0.4, -0.2) is 25.1 Å². The molecule has 84 valence electrons. The summed E-state index contributed by atoms with van der Waals surface area (Å²) in [5, 5.41) is 10.2. The van der Waals surface area contributed by atoms with Gasteiger partial charge >= 0.3 is 0 Å². The van der Waals surface area contributed by atoms with Gasteiger partial charge in [0.25, 0.3) is 0 Å². The molecule has 3 nitrogen and oxygen atoms in total. The first-order valence-electron chi connectivity index (χ1n) is 4.70. The van der Waals surface area contributed by atoms with Gasteiger partial charge in [0.05, 0.1) is 6.10 Å². The average molecular weight is 231 g/mol. The van der Waals surface area contributed by atoms with Crippen molar-refractivity contribution in [2.75, 3.05) is 13.9 Å². The lowest BCUT2D eigenvalue weighted by Crippen LogP contribution is -2.19. The second-order valence-electron chi connectivity index (χ2n) is 3.26. The largest absolute Gasteiger partial charge is 0.390 e. The summed E-state index contributed by atoms with van der Waals surface area (Å²) in [6.45, 7) is 1.78. The third-order valence-corrected chi connectivity index (χ3v) is 2.36. The van der Waals surface area contributed by atoms with Crippen molar-refractivity contribution in [3.05, 3.63) is 34.9 Å². The van der Waals surface area contributed by atoms with Crippen molar-refractivity contribution in [3.8, 4) is 0 Å². The third-order valence-electron chi connectivity index (χ3n) is 2.02. The van der Waals surface area contributed by atoms with Crippen LogP contribution in [0.5, 0.6) is 0 Å². The van der Waals surface area contributed by atoms with Crippen LogP contribution in [0.15, 0.2) is 24.3 Å². The zero-order valence-electron chi connectivity index (χ0n) is 8.81. The average Bonchev–Trinajstić information content (AvgIpc) is 2.20. The first kappa shape index (κ1) is 12.5. The highest BCUT2D eigenvalue weighted by molar-refractivity contribution is 6.31. The van der Waals surface area contributed by atoms with E-state index in [0.717, 1.165) is 5.56 Å². The van der Waals surface area contributed by atoms with Gasteiger partial charge in [0, 0.05) is 17.7 Å². The third kappa shape index (κ3) is 3.47. The molecule has 0 saturated carbocycles. The van der Waals surface area contributed by atoms with Gasteiger partial charge in [-0.1, -0.05) is 29.8 Å². The van der Waals surface area contributed by atoms with Gasteiger partial charge in [-0.25, -0.2) is 0 Å². The molecule has 0 spiro atoms. The molecule has 0 heterocycles. The van der Waals surface area contributed by atoms with Gasteiger partial charge in [-0.15, -0.1) is 0 Å². The Bertz CT molecular complexity index is 302. The first-order chi connectivity index (χ1) is 7.16. The molecule has 1 aromatic rings. The Balaban J connectivity index is 2.84. The van der Waals surface area contributed by atoms with Crippen molar-refractivity contribution in [1.82, 2.24) is 0 Å². The van der Waals surface area contributed by atoms with E-state index in [0.29, 0.717) is 5.02 Å². The van der Waals surface area contributed by atoms with Crippen LogP contribution in [0.4, 0.5) is 0 Å². The minimum Gasteiger partial charge on any atom is -0.390 e. The van der Waals surface area contributed by atoms with Crippen LogP contribution in [-0.2, 0) is 9.47 Å². The number of methoxy groups -OCH3 is 1. The van der Waals surface area contributed by atoms with Gasteiger partial charge < -0.3 is 14.6 Å². The second-order valence-corrected chi connectivity index (χ2v) is 3.66. The predicted octanol–water partition coefficient (Wildman–Crippen LogP) is 2.38. The number of rotatable bonds is 5. The lowest BCUT2D eigenvalue weighted by Gasteiger charge is -2.21. The molecule has 0 aliphatic rings. The van der Waals surface area contributed by atoms with Crippen molar-refractivity contribution in [3.63, 3.8) is 0 Å². The van der Waals surface area contributed by atoms with Crippen LogP contribution in [0.2, 0.25) is 5.02 Å². The Kier molecular flexibility index (Phi) is 5.05. The number of benzene rings is 1. The standard InChI is InChI=1S/C11H15ClO3/c1-8(13)11(15-7-14-2)9-5-3-4-6-10(9)12/h3-6,8,11,13H,7H2,1-2H3/t8-,11?/m0/s1. The molecule has 0 amide bonds. The van der Waals surface area contributed by atoms with E-state index < -0.39 is 12.2 Å². The molecule has 2 atom stereocenters. The lowest BCUT2D eigenvalue weighted by atomic mass is 10.1. The number of aliphatic hydroxyl groups is 1. The molecule has 0 aliphatic carbocycles. The number of hydrogen-bond acceptors (Lipinski definition) is 3. The molecule has 15 heavy (non-hydrogen) atoms. The summed E-state index contributed by atoms with van der Waals surface area (Å²) in [7, 11) is 1.53. The summed E-state index contributed by atoms with van der Waals surface area (Å²) in [5.41, 5.74) is 0.770. The monoisotopic (exact) mass is 230 g/mol. The molecule has 0 bridgehead atoms. The van der Waals surface area contributed by atoms with E-state index in [1.165, 1.54) is 7.11 Å². The van der Waals surface area contributed by atoms with Gasteiger partial charge in [0.1, 0.15) is 12.9 Å². The number of aliphatic hydroxyl groups excluding tert-OH is 1. The highest BCUT2D eigenvalue weighted by Crippen LogP contribution is 2.27. The van der Waals surface area contributed by atoms with Crippen molar-refractivity contribution in [2.24, 2.45) is 0 Å². The minimum atomic E-state index is -0.639. The summed E-state index contributed by atoms with van der Waals surface area (Å²) in [6.07, 6.45) is -1.10. The van der Waals surface area contributed by atoms with Gasteiger partial charge in [-0.05, 0) is 13.0 Å². The van der Waals surface area contributed by atoms with E-state index in [1.807, 2.05) is 18.2 Å². The van der Waals surface area contributed by atoms with Crippen LogP contribution < -0.4 is 0 Å². The topological polar surface area (TPSA) is 38.7 Å². The van der Waals surface area contributed by atoms with E-state index >= 15 is 0 Å². The van der Waals surface area contributed by atoms with Crippen molar-refractivity contribution in [2.45, 2.75) is 19.1 Å². The Morgan fingerprint density at radius 3 is 2.60 bits per heavy atom. The normalized spacial score (nSPS) is 14.9. The molecule has 1 aromatic carbocycles. The van der Waals surface area contributed by atoms with E-state index in [2.05, 4.69) is 0 Å². The van der Waals surface area contributed by atoms with Crippen LogP contribution >= 0.6 is 11.6 Å². The highest BCUT2D eigenvalue weighted by Gasteiger charge is 2.20. The highest BCUT2D eigenvalue weighted by atomic mass is 35.5. The van der Waals surface area contributed by atoms with E-state index in [9.17, 15) is 5.11 Å². The summed E-state index contributed by atoms with van der Waals surface area (Å²) < 4.78 is 10.2. The molecule has 1 unspecified atom stereocenters. The van der Waals surface area contributed by atoms with Crippen molar-refractivity contribution in [1.29, 1.82) is 0 Å². The quantitative estimate of drug-likeness (QED) is 0.790. The first-order valence-corrected chi connectivity index (χ1v) is 5.07. The molecule has 0 fully saturated rings. The summed E-state index contributed by atoms with van der Waals surface area (Å²) >= 11 is 6.01. The minimum absolute atomic E-state index is 0.126. The van der Waals surface area contributed by atoms with Gasteiger partial charge in [-0.2, -0.15) is 0 Å². The molecular formula is C11H15ClO3. The zero-order chi connectivity index (χ0) is 11.3. The molecule has 0 saturated heterocycles. The number of halogens is 1. The smallest absolute Gasteiger partial charge is 0.147 e. The van der Waals surface area contributed by atoms with Crippen LogP contribution in [0.3, 0.4) is 0 Å². The van der Waals surface area contributed by atoms with Gasteiger partial charge in [0.2, 0.25) is 0 Å². The molecule has 0 radical (unpaired) electrons. The van der Waals surface area contributed by atoms with Crippen molar-refractivity contribution < 1.29 is 14.6 Å². The SMILES string of the molecule is COCOC(c1ccccc1Cl)[C@H](C)O. The fourth-order valence-corrected chi connectivity index (χ4v) is 1.58. The summed E-state index contributed by atoms with van der Waals surface area (Å²) in [6, 6.07) is 7.28. The van der Waals surface area contributed by atoms with Crippen LogP contribution in [0.1, 0.15) is 18.6 Å². The molecule has 1 rings (SSSR count). The molecule has 4 heteroatoms. The number of hydrogen-bond donors (Lipinski definition) is 1. The Labute approximate surface area is 94.6 Å². The molecule has 0 aliphatic heterocycles. The molecular weight excluding hydrogens is 216 g/mol. The van der Waals surface area contributed by atoms with E-state index in [1.54, 1.807) is 13.0 Å². The molecule has 1 N–H and O–H groups in total. The zero-order valence-corrected chi connectivity index (χ0v) is 9.57. The maximum atomic E-state index is 9.58. The number of ether oxygens (including phenoxy) is 2. The summed E-state index contributed by atoms with van der Waals surface area (Å²) in [5.74, 6) is 0. The fourth-order valence-electron chi connectivity index (χ4n) is 1.34. The Morgan fingerprint density at radius 2 is 2.07 bits per heavy atom. The van der Waals surface area contributed by atoms with E-state index in [4.69, 9.17) is 21.1 Å². The van der Waals surface area contributed by atoms with Gasteiger partial charge in [-0.3, -0.25) is 0 Å². The predicted molar refractivity (Wildman–Crippen MR) is 58.8 cm³/mol. The van der Waals surface area contributed by atoms with Crippen LogP contribution in [0.25, 0.3) is 0 Å². The molecule has 0 aromatic heterocycles. The summed E-state index contributed by atoms with van der Waals surface area (Å²) in [4.78, 5) is 0. The van der Waals surface area contributed by atoms with E-state index in [-0.39, 0.29) is 6.79 Å². The fraction of sp³-hybridized carbons (Fsp3) is 0.455. The maximum Gasteiger partial charge on any atom is 0.147 e. The van der Waals surface area contributed by atoms with Gasteiger partial charge in [0.15, 0.2) is 0 Å².